The summed E-state index contributed by atoms with van der Waals surface area (Å²) in [5.41, 5.74) is 15.9. The lowest BCUT2D eigenvalue weighted by Crippen LogP contribution is -2.15. The van der Waals surface area contributed by atoms with Crippen LogP contribution in [0.3, 0.4) is 0 Å². The molecule has 45 heavy (non-hydrogen) atoms. The van der Waals surface area contributed by atoms with E-state index in [1.54, 1.807) is 0 Å². The van der Waals surface area contributed by atoms with Crippen molar-refractivity contribution in [2.75, 3.05) is 0 Å². The lowest BCUT2D eigenvalue weighted by molar-refractivity contribution is 0.658. The van der Waals surface area contributed by atoms with Gasteiger partial charge in [-0.1, -0.05) is 123 Å². The number of rotatable bonds is 1. The van der Waals surface area contributed by atoms with Crippen molar-refractivity contribution in [2.45, 2.75) is 19.3 Å². The van der Waals surface area contributed by atoms with Crippen LogP contribution >= 0.6 is 0 Å². The van der Waals surface area contributed by atoms with Gasteiger partial charge in [0.05, 0.1) is 16.7 Å². The lowest BCUT2D eigenvalue weighted by Gasteiger charge is -2.22. The second kappa shape index (κ2) is 7.91. The number of hydrogen-bond donors (Lipinski definition) is 0. The van der Waals surface area contributed by atoms with E-state index in [-0.39, 0.29) is 5.41 Å². The third-order valence-electron chi connectivity index (χ3n) is 10.7. The molecule has 9 aromatic rings. The fourth-order valence-electron chi connectivity index (χ4n) is 8.93. The van der Waals surface area contributed by atoms with Crippen LogP contribution in [0.1, 0.15) is 25.0 Å². The second-order valence-electron chi connectivity index (χ2n) is 13.2. The summed E-state index contributed by atoms with van der Waals surface area (Å²) in [5, 5.41) is 7.53. The van der Waals surface area contributed by atoms with E-state index in [9.17, 15) is 0 Å². The van der Waals surface area contributed by atoms with E-state index in [1.165, 1.54) is 88.0 Å². The molecular weight excluding hydrogens is 546 g/mol. The van der Waals surface area contributed by atoms with E-state index in [0.717, 1.165) is 16.7 Å². The van der Waals surface area contributed by atoms with E-state index >= 15 is 0 Å². The molecule has 2 aromatic heterocycles. The second-order valence-corrected chi connectivity index (χ2v) is 13.2. The van der Waals surface area contributed by atoms with Crippen molar-refractivity contribution in [1.29, 1.82) is 0 Å². The zero-order chi connectivity index (χ0) is 29.6. The summed E-state index contributed by atoms with van der Waals surface area (Å²) in [6.45, 7) is 4.76. The average Bonchev–Trinajstić information content (AvgIpc) is 3.79. The largest absolute Gasteiger partial charge is 0.454 e. The smallest absolute Gasteiger partial charge is 0.160 e. The zero-order valence-corrected chi connectivity index (χ0v) is 25.0. The maximum absolute atomic E-state index is 6.98. The summed E-state index contributed by atoms with van der Waals surface area (Å²) in [7, 11) is 0. The molecule has 0 fully saturated rings. The minimum Gasteiger partial charge on any atom is -0.454 e. The predicted octanol–water partition coefficient (Wildman–Crippen LogP) is 11.8. The molecule has 0 bridgehead atoms. The van der Waals surface area contributed by atoms with Crippen molar-refractivity contribution in [3.8, 4) is 39.1 Å². The molecule has 7 aromatic carbocycles. The number of aromatic nitrogens is 1. The Bertz CT molecular complexity index is 2760. The van der Waals surface area contributed by atoms with Crippen molar-refractivity contribution >= 4 is 54.5 Å². The van der Waals surface area contributed by atoms with Crippen LogP contribution in [0.2, 0.25) is 0 Å². The van der Waals surface area contributed by atoms with Crippen LogP contribution < -0.4 is 0 Å². The number of fused-ring (bicyclic) bond motifs is 15. The summed E-state index contributed by atoms with van der Waals surface area (Å²) in [6.07, 6.45) is 0. The molecular formula is C43H27NO. The first-order chi connectivity index (χ1) is 22.1. The normalized spacial score (nSPS) is 14.2. The molecule has 2 aliphatic carbocycles. The van der Waals surface area contributed by atoms with Crippen LogP contribution in [0.15, 0.2) is 132 Å². The van der Waals surface area contributed by atoms with Gasteiger partial charge < -0.3 is 8.98 Å². The molecule has 2 aliphatic rings. The average molecular weight is 574 g/mol. The minimum atomic E-state index is -0.179. The standard InChI is InChI=1S/C43H27NO/c1-43(2)32-19-8-5-14-28(32)37-38-30-15-6-9-20-33(30)44(41(38)42-39(40(37)43)31-16-7-10-21-35(31)45-42)34-23-22-27-25-13-4-3-12-24(25)26-17-11-18-29(34)36(26)27/h3-23H,1-2H3. The van der Waals surface area contributed by atoms with E-state index in [2.05, 4.69) is 146 Å². The van der Waals surface area contributed by atoms with Gasteiger partial charge in [-0.25, -0.2) is 0 Å². The molecule has 11 rings (SSSR count). The Labute approximate surface area is 259 Å². The maximum atomic E-state index is 6.98. The Morgan fingerprint density at radius 2 is 1.16 bits per heavy atom. The molecule has 0 N–H and O–H groups in total. The Morgan fingerprint density at radius 3 is 2.00 bits per heavy atom. The van der Waals surface area contributed by atoms with E-state index in [4.69, 9.17) is 4.42 Å². The molecule has 0 unspecified atom stereocenters. The highest BCUT2D eigenvalue weighted by Gasteiger charge is 2.41. The van der Waals surface area contributed by atoms with Crippen LogP contribution in [-0.2, 0) is 5.41 Å². The van der Waals surface area contributed by atoms with Crippen LogP contribution in [0.5, 0.6) is 0 Å². The summed E-state index contributed by atoms with van der Waals surface area (Å²) in [5.74, 6) is 0. The molecule has 2 heteroatoms. The van der Waals surface area contributed by atoms with Crippen molar-refractivity contribution < 1.29 is 4.42 Å². The summed E-state index contributed by atoms with van der Waals surface area (Å²) in [6, 6.07) is 46.7. The molecule has 210 valence electrons. The van der Waals surface area contributed by atoms with Gasteiger partial charge in [-0.2, -0.15) is 0 Å². The number of para-hydroxylation sites is 2. The van der Waals surface area contributed by atoms with Crippen LogP contribution in [0, 0.1) is 0 Å². The Kier molecular flexibility index (Phi) is 4.19. The van der Waals surface area contributed by atoms with Crippen LogP contribution in [-0.4, -0.2) is 4.57 Å². The predicted molar refractivity (Wildman–Crippen MR) is 188 cm³/mol. The number of furan rings is 1. The third-order valence-corrected chi connectivity index (χ3v) is 10.7. The van der Waals surface area contributed by atoms with Gasteiger partial charge in [0.2, 0.25) is 0 Å². The van der Waals surface area contributed by atoms with Gasteiger partial charge in [-0.05, 0) is 68.1 Å². The van der Waals surface area contributed by atoms with Crippen molar-refractivity contribution in [3.63, 3.8) is 0 Å². The zero-order valence-electron chi connectivity index (χ0n) is 25.0. The molecule has 0 spiro atoms. The summed E-state index contributed by atoms with van der Waals surface area (Å²) >= 11 is 0. The Morgan fingerprint density at radius 1 is 0.511 bits per heavy atom. The number of nitrogens with zero attached hydrogens (tertiary/aromatic N) is 1. The van der Waals surface area contributed by atoms with Gasteiger partial charge in [0.25, 0.3) is 0 Å². The topological polar surface area (TPSA) is 18.1 Å². The monoisotopic (exact) mass is 573 g/mol. The maximum Gasteiger partial charge on any atom is 0.160 e. The first-order valence-corrected chi connectivity index (χ1v) is 15.8. The van der Waals surface area contributed by atoms with Gasteiger partial charge >= 0.3 is 0 Å². The van der Waals surface area contributed by atoms with Crippen molar-refractivity contribution in [2.24, 2.45) is 0 Å². The van der Waals surface area contributed by atoms with Crippen LogP contribution in [0.25, 0.3) is 93.6 Å². The van der Waals surface area contributed by atoms with E-state index in [1.807, 2.05) is 0 Å². The highest BCUT2D eigenvalue weighted by atomic mass is 16.3. The highest BCUT2D eigenvalue weighted by Crippen LogP contribution is 2.58. The van der Waals surface area contributed by atoms with E-state index < -0.39 is 0 Å². The molecule has 0 atom stereocenters. The van der Waals surface area contributed by atoms with Crippen LogP contribution in [0.4, 0.5) is 0 Å². The first-order valence-electron chi connectivity index (χ1n) is 15.8. The molecule has 2 heterocycles. The Hall–Kier alpha value is -5.60. The van der Waals surface area contributed by atoms with Gasteiger partial charge in [-0.15, -0.1) is 0 Å². The number of hydrogen-bond acceptors (Lipinski definition) is 1. The fraction of sp³-hybridized carbons (Fsp3) is 0.0698. The number of benzene rings is 7. The van der Waals surface area contributed by atoms with E-state index in [0.29, 0.717) is 0 Å². The Balaban J connectivity index is 1.41. The summed E-state index contributed by atoms with van der Waals surface area (Å²) < 4.78 is 9.47. The lowest BCUT2D eigenvalue weighted by atomic mass is 9.80. The van der Waals surface area contributed by atoms with Gasteiger partial charge in [0.15, 0.2) is 5.58 Å². The molecule has 0 aliphatic heterocycles. The van der Waals surface area contributed by atoms with Crippen molar-refractivity contribution in [3.05, 3.63) is 139 Å². The van der Waals surface area contributed by atoms with Gasteiger partial charge in [-0.3, -0.25) is 0 Å². The highest BCUT2D eigenvalue weighted by molar-refractivity contribution is 6.30. The van der Waals surface area contributed by atoms with Gasteiger partial charge in [0, 0.05) is 32.3 Å². The molecule has 2 nitrogen and oxygen atoms in total. The SMILES string of the molecule is CC1(C)c2ccccc2-c2c1c1c3ccccc3oc1c1c2c2ccccc2n1-c1ccc2c3c(cccc13)-c1ccccc1-2. The van der Waals surface area contributed by atoms with Crippen molar-refractivity contribution in [1.82, 2.24) is 4.57 Å². The third kappa shape index (κ3) is 2.70. The quantitative estimate of drug-likeness (QED) is 0.191. The molecule has 0 saturated heterocycles. The first kappa shape index (κ1) is 23.8. The molecule has 0 radical (unpaired) electrons. The summed E-state index contributed by atoms with van der Waals surface area (Å²) in [4.78, 5) is 0. The molecule has 0 amide bonds. The fourth-order valence-corrected chi connectivity index (χ4v) is 8.93. The minimum absolute atomic E-state index is 0.179. The molecule has 0 saturated carbocycles. The van der Waals surface area contributed by atoms with Gasteiger partial charge in [0.1, 0.15) is 5.58 Å².